The molecule has 224 valence electrons. The summed E-state index contributed by atoms with van der Waals surface area (Å²) in [5.41, 5.74) is -1.06. The van der Waals surface area contributed by atoms with Crippen LogP contribution in [0.3, 0.4) is 0 Å². The van der Waals surface area contributed by atoms with Crippen LogP contribution >= 0.6 is 0 Å². The maximum absolute atomic E-state index is 13.4. The molecule has 5 aliphatic carbocycles. The fourth-order valence-electron chi connectivity index (χ4n) is 11.4. The zero-order valence-electron chi connectivity index (χ0n) is 25.8. The molecule has 10 atom stereocenters. The van der Waals surface area contributed by atoms with Crippen LogP contribution < -0.4 is 0 Å². The number of hydrogen-bond donors (Lipinski definition) is 2. The van der Waals surface area contributed by atoms with Gasteiger partial charge in [-0.25, -0.2) is 0 Å². The monoisotopic (exact) mass is 558 g/mol. The van der Waals surface area contributed by atoms with Crippen molar-refractivity contribution in [1.29, 1.82) is 0 Å². The lowest BCUT2D eigenvalue weighted by molar-refractivity contribution is -0.239. The van der Waals surface area contributed by atoms with Gasteiger partial charge >= 0.3 is 17.9 Å². The number of allylic oxidation sites excluding steroid dienone is 2. The summed E-state index contributed by atoms with van der Waals surface area (Å²) < 4.78 is 11.1. The van der Waals surface area contributed by atoms with E-state index in [2.05, 4.69) is 40.7 Å². The molecule has 0 aliphatic heterocycles. The van der Waals surface area contributed by atoms with Gasteiger partial charge in [-0.3, -0.25) is 14.4 Å². The Balaban J connectivity index is 1.59. The fraction of sp³-hybridized carbons (Fsp3) is 0.848. The minimum absolute atomic E-state index is 0.0776. The second-order valence-electron chi connectivity index (χ2n) is 15.7. The zero-order valence-corrected chi connectivity index (χ0v) is 25.8. The molecule has 0 radical (unpaired) electrons. The molecule has 7 heteroatoms. The third-order valence-corrected chi connectivity index (χ3v) is 13.7. The van der Waals surface area contributed by atoms with Crippen molar-refractivity contribution in [2.45, 2.75) is 118 Å². The number of carboxylic acid groups (broad SMARTS) is 1. The van der Waals surface area contributed by atoms with E-state index in [0.717, 1.165) is 25.7 Å². The summed E-state index contributed by atoms with van der Waals surface area (Å²) in [6, 6.07) is 0. The summed E-state index contributed by atoms with van der Waals surface area (Å²) >= 11 is 0. The summed E-state index contributed by atoms with van der Waals surface area (Å²) in [4.78, 5) is 37.8. The number of carbonyl (C=O) groups excluding carboxylic acids is 2. The average Bonchev–Trinajstić information content (AvgIpc) is 2.86. The quantitative estimate of drug-likeness (QED) is 0.326. The lowest BCUT2D eigenvalue weighted by Gasteiger charge is -2.71. The van der Waals surface area contributed by atoms with Crippen molar-refractivity contribution in [2.75, 3.05) is 7.11 Å². The van der Waals surface area contributed by atoms with Crippen molar-refractivity contribution in [1.82, 2.24) is 0 Å². The third-order valence-electron chi connectivity index (χ3n) is 13.7. The topological polar surface area (TPSA) is 110 Å². The first-order valence-electron chi connectivity index (χ1n) is 15.3. The van der Waals surface area contributed by atoms with Crippen molar-refractivity contribution in [3.63, 3.8) is 0 Å². The number of ether oxygens (including phenoxy) is 2. The van der Waals surface area contributed by atoms with Gasteiger partial charge in [-0.05, 0) is 98.7 Å². The number of fused-ring (bicyclic) bond motifs is 7. The summed E-state index contributed by atoms with van der Waals surface area (Å²) in [5.74, 6) is -0.890. The lowest BCUT2D eigenvalue weighted by Crippen LogP contribution is -2.67. The number of aliphatic hydroxyl groups is 1. The van der Waals surface area contributed by atoms with Crippen molar-refractivity contribution >= 4 is 17.9 Å². The van der Waals surface area contributed by atoms with Crippen LogP contribution in [-0.2, 0) is 23.9 Å². The molecule has 5 aliphatic rings. The Labute approximate surface area is 239 Å². The van der Waals surface area contributed by atoms with Gasteiger partial charge in [0, 0.05) is 12.3 Å². The highest BCUT2D eigenvalue weighted by Gasteiger charge is 2.71. The minimum Gasteiger partial charge on any atom is -0.481 e. The van der Waals surface area contributed by atoms with Crippen LogP contribution in [0.2, 0.25) is 0 Å². The molecule has 5 rings (SSSR count). The lowest BCUT2D eigenvalue weighted by atomic mass is 9.33. The molecule has 7 nitrogen and oxygen atoms in total. The Kier molecular flexibility index (Phi) is 6.70. The molecular weight excluding hydrogens is 508 g/mol. The Hall–Kier alpha value is -1.89. The second-order valence-corrected chi connectivity index (χ2v) is 15.7. The van der Waals surface area contributed by atoms with Crippen LogP contribution in [0.1, 0.15) is 106 Å². The van der Waals surface area contributed by atoms with E-state index < -0.39 is 29.0 Å². The van der Waals surface area contributed by atoms with E-state index in [9.17, 15) is 24.6 Å². The van der Waals surface area contributed by atoms with Gasteiger partial charge in [-0.2, -0.15) is 0 Å². The van der Waals surface area contributed by atoms with Crippen molar-refractivity contribution in [3.8, 4) is 0 Å². The third kappa shape index (κ3) is 3.67. The Morgan fingerprint density at radius 3 is 2.17 bits per heavy atom. The fourth-order valence-corrected chi connectivity index (χ4v) is 11.4. The first-order chi connectivity index (χ1) is 18.4. The maximum Gasteiger partial charge on any atom is 0.312 e. The van der Waals surface area contributed by atoms with E-state index in [1.807, 2.05) is 6.92 Å². The number of carbonyl (C=O) groups is 3. The van der Waals surface area contributed by atoms with Gasteiger partial charge in [0.25, 0.3) is 0 Å². The first kappa shape index (κ1) is 29.6. The normalized spacial score (nSPS) is 49.2. The second kappa shape index (κ2) is 9.05. The number of carboxylic acids is 1. The molecule has 4 fully saturated rings. The van der Waals surface area contributed by atoms with Gasteiger partial charge in [0.1, 0.15) is 6.10 Å². The van der Waals surface area contributed by atoms with Crippen LogP contribution in [0.15, 0.2) is 11.6 Å². The van der Waals surface area contributed by atoms with Crippen LogP contribution in [-0.4, -0.2) is 47.4 Å². The molecule has 0 amide bonds. The molecule has 0 unspecified atom stereocenters. The molecule has 0 spiro atoms. The van der Waals surface area contributed by atoms with Crippen molar-refractivity contribution in [2.24, 2.45) is 50.2 Å². The van der Waals surface area contributed by atoms with Crippen LogP contribution in [0, 0.1) is 50.2 Å². The van der Waals surface area contributed by atoms with E-state index >= 15 is 0 Å². The number of aliphatic hydroxyl groups excluding tert-OH is 1. The smallest absolute Gasteiger partial charge is 0.312 e. The van der Waals surface area contributed by atoms with Crippen molar-refractivity contribution < 1.29 is 34.1 Å². The van der Waals surface area contributed by atoms with E-state index in [0.29, 0.717) is 38.0 Å². The summed E-state index contributed by atoms with van der Waals surface area (Å²) in [6.45, 7) is 14.7. The molecule has 2 N–H and O–H groups in total. The van der Waals surface area contributed by atoms with Gasteiger partial charge in [0.2, 0.25) is 0 Å². The molecule has 0 aromatic carbocycles. The van der Waals surface area contributed by atoms with E-state index in [1.54, 1.807) is 0 Å². The summed E-state index contributed by atoms with van der Waals surface area (Å²) in [7, 11) is 1.46. The molecule has 0 bridgehead atoms. The predicted molar refractivity (Wildman–Crippen MR) is 150 cm³/mol. The zero-order chi connectivity index (χ0) is 29.7. The molecule has 0 heterocycles. The molecule has 40 heavy (non-hydrogen) atoms. The van der Waals surface area contributed by atoms with Crippen LogP contribution in [0.4, 0.5) is 0 Å². The van der Waals surface area contributed by atoms with Gasteiger partial charge in [0.05, 0.1) is 24.0 Å². The largest absolute Gasteiger partial charge is 0.481 e. The summed E-state index contributed by atoms with van der Waals surface area (Å²) in [5, 5.41) is 21.6. The summed E-state index contributed by atoms with van der Waals surface area (Å²) in [6.07, 6.45) is 7.57. The van der Waals surface area contributed by atoms with E-state index in [1.165, 1.54) is 19.6 Å². The highest BCUT2D eigenvalue weighted by molar-refractivity contribution is 5.80. The molecule has 4 saturated carbocycles. The Morgan fingerprint density at radius 1 is 0.925 bits per heavy atom. The molecule has 0 aromatic heterocycles. The predicted octanol–water partition coefficient (Wildman–Crippen LogP) is 5.93. The molecule has 0 saturated heterocycles. The number of hydrogen-bond acceptors (Lipinski definition) is 6. The first-order valence-corrected chi connectivity index (χ1v) is 15.3. The number of rotatable bonds is 3. The molecular formula is C33H50O7. The highest BCUT2D eigenvalue weighted by Crippen LogP contribution is 2.76. The SMILES string of the molecule is COC(=O)[C@]12CC[C@](C)(C(=O)O)C[C@H]1C1=CC[C@@H]3[C@@]4(C)C[C@H](O)[C@H](OC(C)=O)C(C)(C)[C@@H]4CC[C@@]3(C)[C@]1(C)CC2. The van der Waals surface area contributed by atoms with Gasteiger partial charge < -0.3 is 19.7 Å². The number of esters is 2. The van der Waals surface area contributed by atoms with Gasteiger partial charge in [-0.15, -0.1) is 0 Å². The highest BCUT2D eigenvalue weighted by atomic mass is 16.6. The van der Waals surface area contributed by atoms with Crippen molar-refractivity contribution in [3.05, 3.63) is 11.6 Å². The van der Waals surface area contributed by atoms with Crippen LogP contribution in [0.5, 0.6) is 0 Å². The molecule has 0 aromatic rings. The van der Waals surface area contributed by atoms with E-state index in [-0.39, 0.29) is 45.4 Å². The van der Waals surface area contributed by atoms with Gasteiger partial charge in [0.15, 0.2) is 0 Å². The van der Waals surface area contributed by atoms with Crippen LogP contribution in [0.25, 0.3) is 0 Å². The van der Waals surface area contributed by atoms with E-state index in [4.69, 9.17) is 9.47 Å². The number of methoxy groups -OCH3 is 1. The average molecular weight is 559 g/mol. The minimum atomic E-state index is -0.869. The maximum atomic E-state index is 13.4. The standard InChI is InChI=1S/C33H50O7/c1-19(34)40-25-22(35)18-30(5)23(28(25,2)3)11-12-32(7)24(30)10-9-20-21-17-29(4,26(36)37)13-15-33(21,27(38)39-8)16-14-31(20,32)6/h9,21-25,35H,10-18H2,1-8H3,(H,36,37)/t21-,22-,23-,24+,25-,29-,30-,31+,32+,33-/m0/s1. The number of aliphatic carboxylic acids is 1. The Morgan fingerprint density at radius 2 is 1.57 bits per heavy atom. The van der Waals surface area contributed by atoms with Gasteiger partial charge in [-0.1, -0.05) is 46.3 Å². The Bertz CT molecular complexity index is 1140.